The van der Waals surface area contributed by atoms with Gasteiger partial charge in [-0.3, -0.25) is 4.79 Å². The molecule has 0 aliphatic heterocycles. The van der Waals surface area contributed by atoms with Crippen molar-refractivity contribution >= 4 is 39.5 Å². The first kappa shape index (κ1) is 15.6. The van der Waals surface area contributed by atoms with Gasteiger partial charge in [-0.1, -0.05) is 22.9 Å². The lowest BCUT2D eigenvalue weighted by atomic mass is 10.2. The van der Waals surface area contributed by atoms with E-state index in [4.69, 9.17) is 21.1 Å². The highest BCUT2D eigenvalue weighted by Gasteiger charge is 2.15. The van der Waals surface area contributed by atoms with E-state index in [1.807, 2.05) is 0 Å². The number of benzene rings is 1. The second-order valence-electron chi connectivity index (χ2n) is 4.30. The van der Waals surface area contributed by atoms with Crippen molar-refractivity contribution in [2.75, 3.05) is 19.5 Å². The number of nitrogens with zero attached hydrogens (tertiary/aromatic N) is 1. The van der Waals surface area contributed by atoms with Crippen LogP contribution >= 0.6 is 22.9 Å². The lowest BCUT2D eigenvalue weighted by Gasteiger charge is -2.12. The monoisotopic (exact) mass is 326 g/mol. The predicted molar refractivity (Wildman–Crippen MR) is 84.7 cm³/mol. The summed E-state index contributed by atoms with van der Waals surface area (Å²) in [6, 6.07) is 3.39. The first-order valence-electron chi connectivity index (χ1n) is 6.13. The Morgan fingerprint density at radius 1 is 1.29 bits per heavy atom. The molecule has 0 amide bonds. The van der Waals surface area contributed by atoms with Gasteiger partial charge in [-0.25, -0.2) is 4.98 Å². The Morgan fingerprint density at radius 3 is 2.48 bits per heavy atom. The molecule has 1 aromatic heterocycles. The van der Waals surface area contributed by atoms with E-state index < -0.39 is 0 Å². The standard InChI is InChI=1S/C14H15ClN2O3S/c1-7-13(8(2)18)21-14(16-7)17-10-6-11(19-3)9(15)5-12(10)20-4/h5-6H,1-4H3,(H,16,17). The molecule has 0 aliphatic rings. The molecule has 0 atom stereocenters. The summed E-state index contributed by atoms with van der Waals surface area (Å²) in [7, 11) is 3.09. The van der Waals surface area contributed by atoms with Crippen molar-refractivity contribution in [2.45, 2.75) is 13.8 Å². The Morgan fingerprint density at radius 2 is 1.95 bits per heavy atom. The van der Waals surface area contributed by atoms with Gasteiger partial charge in [0, 0.05) is 19.1 Å². The third kappa shape index (κ3) is 3.28. The van der Waals surface area contributed by atoms with Crippen LogP contribution < -0.4 is 14.8 Å². The molecule has 7 heteroatoms. The highest BCUT2D eigenvalue weighted by Crippen LogP contribution is 2.38. The summed E-state index contributed by atoms with van der Waals surface area (Å²) in [6.45, 7) is 3.33. The first-order valence-corrected chi connectivity index (χ1v) is 7.32. The number of ketones is 1. The number of aromatic nitrogens is 1. The number of hydrogen-bond acceptors (Lipinski definition) is 6. The maximum atomic E-state index is 11.5. The number of carbonyl (C=O) groups excluding carboxylic acids is 1. The Kier molecular flexibility index (Phi) is 4.69. The number of Topliss-reactive ketones (excluding diaryl/α,β-unsaturated/α-hetero) is 1. The first-order chi connectivity index (χ1) is 9.96. The fourth-order valence-corrected chi connectivity index (χ4v) is 2.95. The van der Waals surface area contributed by atoms with Crippen molar-refractivity contribution in [1.29, 1.82) is 0 Å². The van der Waals surface area contributed by atoms with Gasteiger partial charge in [-0.15, -0.1) is 0 Å². The third-order valence-electron chi connectivity index (χ3n) is 2.83. The number of anilines is 2. The number of aryl methyl sites for hydroxylation is 1. The van der Waals surface area contributed by atoms with E-state index in [9.17, 15) is 4.79 Å². The largest absolute Gasteiger partial charge is 0.495 e. The lowest BCUT2D eigenvalue weighted by molar-refractivity contribution is 0.102. The molecular formula is C14H15ClN2O3S. The summed E-state index contributed by atoms with van der Waals surface area (Å²) < 4.78 is 10.5. The molecular weight excluding hydrogens is 312 g/mol. The minimum absolute atomic E-state index is 0.00120. The second-order valence-corrected chi connectivity index (χ2v) is 5.71. The van der Waals surface area contributed by atoms with Gasteiger partial charge >= 0.3 is 0 Å². The average Bonchev–Trinajstić information content (AvgIpc) is 2.81. The lowest BCUT2D eigenvalue weighted by Crippen LogP contribution is -1.96. The van der Waals surface area contributed by atoms with Crippen molar-refractivity contribution < 1.29 is 14.3 Å². The van der Waals surface area contributed by atoms with Gasteiger partial charge in [0.15, 0.2) is 10.9 Å². The molecule has 0 unspecified atom stereocenters. The van der Waals surface area contributed by atoms with Crippen LogP contribution in [0.4, 0.5) is 10.8 Å². The maximum absolute atomic E-state index is 11.5. The Balaban J connectivity index is 2.38. The molecule has 0 radical (unpaired) electrons. The zero-order valence-corrected chi connectivity index (χ0v) is 13.7. The molecule has 1 aromatic carbocycles. The fourth-order valence-electron chi connectivity index (χ4n) is 1.85. The molecule has 21 heavy (non-hydrogen) atoms. The number of thiazole rings is 1. The fraction of sp³-hybridized carbons (Fsp3) is 0.286. The molecule has 2 rings (SSSR count). The number of nitrogens with one attached hydrogen (secondary N) is 1. The van der Waals surface area contributed by atoms with Gasteiger partial charge < -0.3 is 14.8 Å². The summed E-state index contributed by atoms with van der Waals surface area (Å²) in [5.74, 6) is 1.09. The van der Waals surface area contributed by atoms with Crippen molar-refractivity contribution in [1.82, 2.24) is 4.98 Å². The summed E-state index contributed by atoms with van der Waals surface area (Å²) in [5, 5.41) is 4.20. The molecule has 0 saturated carbocycles. The van der Waals surface area contributed by atoms with Gasteiger partial charge in [-0.2, -0.15) is 0 Å². The van der Waals surface area contributed by atoms with Crippen LogP contribution in [0.25, 0.3) is 0 Å². The normalized spacial score (nSPS) is 10.3. The molecule has 1 heterocycles. The van der Waals surface area contributed by atoms with Crippen LogP contribution in [0.1, 0.15) is 22.3 Å². The number of methoxy groups -OCH3 is 2. The topological polar surface area (TPSA) is 60.5 Å². The van der Waals surface area contributed by atoms with Crippen LogP contribution in [0.15, 0.2) is 12.1 Å². The minimum Gasteiger partial charge on any atom is -0.495 e. The van der Waals surface area contributed by atoms with E-state index >= 15 is 0 Å². The molecule has 0 saturated heterocycles. The van der Waals surface area contributed by atoms with Crippen molar-refractivity contribution in [3.05, 3.63) is 27.7 Å². The van der Waals surface area contributed by atoms with E-state index in [2.05, 4.69) is 10.3 Å². The molecule has 0 aliphatic carbocycles. The van der Waals surface area contributed by atoms with Gasteiger partial charge in [0.1, 0.15) is 11.5 Å². The average molecular weight is 327 g/mol. The molecule has 1 N–H and O–H groups in total. The van der Waals surface area contributed by atoms with Gasteiger partial charge in [0.25, 0.3) is 0 Å². The number of rotatable bonds is 5. The molecule has 2 aromatic rings. The quantitative estimate of drug-likeness (QED) is 0.839. The zero-order chi connectivity index (χ0) is 15.6. The second kappa shape index (κ2) is 6.32. The summed E-state index contributed by atoms with van der Waals surface area (Å²) in [4.78, 5) is 16.5. The van der Waals surface area contributed by atoms with Crippen LogP contribution in [0, 0.1) is 6.92 Å². The van der Waals surface area contributed by atoms with Crippen molar-refractivity contribution in [3.8, 4) is 11.5 Å². The van der Waals surface area contributed by atoms with Crippen molar-refractivity contribution in [3.63, 3.8) is 0 Å². The van der Waals surface area contributed by atoms with Crippen LogP contribution in [0.5, 0.6) is 11.5 Å². The predicted octanol–water partition coefficient (Wildman–Crippen LogP) is 4.07. The van der Waals surface area contributed by atoms with E-state index in [1.165, 1.54) is 18.3 Å². The van der Waals surface area contributed by atoms with Gasteiger partial charge in [-0.05, 0) is 6.92 Å². The minimum atomic E-state index is -0.00120. The Hall–Kier alpha value is -1.79. The van der Waals surface area contributed by atoms with Gasteiger partial charge in [0.2, 0.25) is 0 Å². The maximum Gasteiger partial charge on any atom is 0.188 e. The Bertz CT molecular complexity index is 685. The van der Waals surface area contributed by atoms with E-state index in [-0.39, 0.29) is 5.78 Å². The smallest absolute Gasteiger partial charge is 0.188 e. The van der Waals surface area contributed by atoms with E-state index in [0.29, 0.717) is 37.9 Å². The highest BCUT2D eigenvalue weighted by atomic mass is 35.5. The van der Waals surface area contributed by atoms with Crippen LogP contribution in [-0.4, -0.2) is 25.0 Å². The SMILES string of the molecule is COc1cc(Nc2nc(C)c(C(C)=O)s2)c(OC)cc1Cl. The summed E-state index contributed by atoms with van der Waals surface area (Å²) in [6.07, 6.45) is 0. The summed E-state index contributed by atoms with van der Waals surface area (Å²) >= 11 is 7.36. The highest BCUT2D eigenvalue weighted by molar-refractivity contribution is 7.17. The van der Waals surface area contributed by atoms with Crippen LogP contribution in [0.3, 0.4) is 0 Å². The van der Waals surface area contributed by atoms with E-state index in [0.717, 1.165) is 0 Å². The molecule has 0 bridgehead atoms. The molecule has 112 valence electrons. The number of carbonyl (C=O) groups is 1. The number of ether oxygens (including phenoxy) is 2. The van der Waals surface area contributed by atoms with Crippen LogP contribution in [-0.2, 0) is 0 Å². The number of hydrogen-bond donors (Lipinski definition) is 1. The van der Waals surface area contributed by atoms with Gasteiger partial charge in [0.05, 0.1) is 35.5 Å². The van der Waals surface area contributed by atoms with Crippen LogP contribution in [0.2, 0.25) is 5.02 Å². The third-order valence-corrected chi connectivity index (χ3v) is 4.30. The molecule has 0 spiro atoms. The molecule has 0 fully saturated rings. The number of halogens is 1. The van der Waals surface area contributed by atoms with Crippen molar-refractivity contribution in [2.24, 2.45) is 0 Å². The van der Waals surface area contributed by atoms with E-state index in [1.54, 1.807) is 33.3 Å². The Labute approximate surface area is 131 Å². The molecule has 5 nitrogen and oxygen atoms in total. The summed E-state index contributed by atoms with van der Waals surface area (Å²) in [5.41, 5.74) is 1.37. The zero-order valence-electron chi connectivity index (χ0n) is 12.1.